The van der Waals surface area contributed by atoms with Gasteiger partial charge in [-0.25, -0.2) is 4.79 Å². The molecule has 6 heteroatoms. The second-order valence-corrected chi connectivity index (χ2v) is 8.05. The number of pyridine rings is 1. The quantitative estimate of drug-likeness (QED) is 0.580. The number of rotatable bonds is 7. The zero-order valence-electron chi connectivity index (χ0n) is 18.0. The number of esters is 1. The molecule has 1 N–H and O–H groups in total. The Bertz CT molecular complexity index is 1120. The Morgan fingerprint density at radius 2 is 1.84 bits per heavy atom. The summed E-state index contributed by atoms with van der Waals surface area (Å²) in [5.41, 5.74) is 3.88. The first kappa shape index (κ1) is 20.8. The van der Waals surface area contributed by atoms with Crippen LogP contribution in [0.15, 0.2) is 48.5 Å². The van der Waals surface area contributed by atoms with Crippen LogP contribution in [0.2, 0.25) is 0 Å². The number of carbonyl (C=O) groups excluding carboxylic acids is 2. The first-order valence-electron chi connectivity index (χ1n) is 10.4. The van der Waals surface area contributed by atoms with E-state index in [1.807, 2.05) is 49.4 Å². The van der Waals surface area contributed by atoms with Gasteiger partial charge in [0, 0.05) is 5.39 Å². The van der Waals surface area contributed by atoms with E-state index in [0.29, 0.717) is 17.2 Å². The summed E-state index contributed by atoms with van der Waals surface area (Å²) in [7, 11) is 1.62. The number of aromatic nitrogens is 1. The van der Waals surface area contributed by atoms with E-state index in [2.05, 4.69) is 10.3 Å². The van der Waals surface area contributed by atoms with E-state index in [0.717, 1.165) is 40.6 Å². The summed E-state index contributed by atoms with van der Waals surface area (Å²) >= 11 is 0. The van der Waals surface area contributed by atoms with E-state index in [1.165, 1.54) is 0 Å². The third kappa shape index (κ3) is 4.85. The Kier molecular flexibility index (Phi) is 5.89. The van der Waals surface area contributed by atoms with Crippen molar-refractivity contribution >= 4 is 22.8 Å². The lowest BCUT2D eigenvalue weighted by molar-refractivity contribution is -0.125. The molecule has 1 atom stereocenters. The van der Waals surface area contributed by atoms with Crippen LogP contribution in [0.4, 0.5) is 0 Å². The molecular formula is C25H26N2O4. The number of fused-ring (bicyclic) bond motifs is 1. The fraction of sp³-hybridized carbons (Fsp3) is 0.320. The third-order valence-corrected chi connectivity index (χ3v) is 5.60. The molecule has 0 spiro atoms. The molecule has 0 saturated heterocycles. The summed E-state index contributed by atoms with van der Waals surface area (Å²) in [6.07, 6.45) is 2.14. The average molecular weight is 418 g/mol. The number of methoxy groups -OCH3 is 1. The smallest absolute Gasteiger partial charge is 0.340 e. The topological polar surface area (TPSA) is 77.5 Å². The highest BCUT2D eigenvalue weighted by Crippen LogP contribution is 2.41. The number of benzene rings is 2. The van der Waals surface area contributed by atoms with E-state index in [4.69, 9.17) is 9.47 Å². The molecule has 0 bridgehead atoms. The van der Waals surface area contributed by atoms with Gasteiger partial charge >= 0.3 is 5.97 Å². The summed E-state index contributed by atoms with van der Waals surface area (Å²) in [5, 5.41) is 3.89. The normalized spacial score (nSPS) is 14.2. The summed E-state index contributed by atoms with van der Waals surface area (Å²) < 4.78 is 10.5. The fourth-order valence-electron chi connectivity index (χ4n) is 3.74. The van der Waals surface area contributed by atoms with Crippen molar-refractivity contribution in [2.75, 3.05) is 13.7 Å². The molecule has 6 nitrogen and oxygen atoms in total. The monoisotopic (exact) mass is 418 g/mol. The first-order chi connectivity index (χ1) is 14.9. The number of nitrogens with one attached hydrogen (secondary N) is 1. The van der Waals surface area contributed by atoms with E-state index in [1.54, 1.807) is 20.1 Å². The lowest BCUT2D eigenvalue weighted by Gasteiger charge is -2.19. The maximum atomic E-state index is 12.6. The average Bonchev–Trinajstić information content (AvgIpc) is 3.61. The zero-order chi connectivity index (χ0) is 22.0. The highest BCUT2D eigenvalue weighted by molar-refractivity contribution is 5.96. The van der Waals surface area contributed by atoms with Gasteiger partial charge in [-0.1, -0.05) is 23.8 Å². The van der Waals surface area contributed by atoms with Crippen molar-refractivity contribution in [2.24, 2.45) is 5.92 Å². The van der Waals surface area contributed by atoms with Crippen LogP contribution in [0.3, 0.4) is 0 Å². The highest BCUT2D eigenvalue weighted by Gasteiger charge is 2.33. The summed E-state index contributed by atoms with van der Waals surface area (Å²) in [6, 6.07) is 15.2. The lowest BCUT2D eigenvalue weighted by Crippen LogP contribution is -2.33. The molecule has 1 aliphatic carbocycles. The van der Waals surface area contributed by atoms with Crippen molar-refractivity contribution in [3.8, 4) is 5.75 Å². The molecule has 4 rings (SSSR count). The number of amides is 1. The number of ether oxygens (including phenoxy) is 2. The van der Waals surface area contributed by atoms with Crippen LogP contribution in [0.25, 0.3) is 10.9 Å². The number of hydrogen-bond acceptors (Lipinski definition) is 5. The van der Waals surface area contributed by atoms with E-state index in [-0.39, 0.29) is 18.6 Å². The number of carbonyl (C=O) groups is 2. The third-order valence-electron chi connectivity index (χ3n) is 5.60. The summed E-state index contributed by atoms with van der Waals surface area (Å²) in [5.74, 6) is 0.315. The van der Waals surface area contributed by atoms with Crippen molar-refractivity contribution in [3.63, 3.8) is 0 Å². The van der Waals surface area contributed by atoms with E-state index in [9.17, 15) is 9.59 Å². The van der Waals surface area contributed by atoms with Crippen molar-refractivity contribution in [1.29, 1.82) is 0 Å². The largest absolute Gasteiger partial charge is 0.497 e. The van der Waals surface area contributed by atoms with Crippen LogP contribution < -0.4 is 10.1 Å². The predicted octanol–water partition coefficient (Wildman–Crippen LogP) is 4.28. The van der Waals surface area contributed by atoms with Crippen LogP contribution in [-0.4, -0.2) is 30.6 Å². The molecule has 1 heterocycles. The number of nitrogens with zero attached hydrogens (tertiary/aromatic N) is 1. The molecule has 1 unspecified atom stereocenters. The van der Waals surface area contributed by atoms with Gasteiger partial charge in [-0.2, -0.15) is 0 Å². The molecule has 0 aliphatic heterocycles. The van der Waals surface area contributed by atoms with Gasteiger partial charge < -0.3 is 14.8 Å². The van der Waals surface area contributed by atoms with Gasteiger partial charge in [0.15, 0.2) is 6.61 Å². The minimum absolute atomic E-state index is 0.0934. The summed E-state index contributed by atoms with van der Waals surface area (Å²) in [6.45, 7) is 3.42. The van der Waals surface area contributed by atoms with Crippen LogP contribution in [-0.2, 0) is 9.53 Å². The van der Waals surface area contributed by atoms with E-state index < -0.39 is 5.97 Å². The molecule has 1 saturated carbocycles. The van der Waals surface area contributed by atoms with Crippen molar-refractivity contribution in [2.45, 2.75) is 32.7 Å². The molecule has 1 fully saturated rings. The Morgan fingerprint density at radius 1 is 1.10 bits per heavy atom. The molecule has 31 heavy (non-hydrogen) atoms. The van der Waals surface area contributed by atoms with Crippen LogP contribution in [0.1, 0.15) is 46.1 Å². The van der Waals surface area contributed by atoms with Crippen LogP contribution in [0.5, 0.6) is 5.75 Å². The second kappa shape index (κ2) is 8.76. The zero-order valence-corrected chi connectivity index (χ0v) is 18.0. The SMILES string of the molecule is COc1ccc(C(NC(=O)COC(=O)c2cc3cc(C)ccc3nc2C)C2CC2)cc1. The van der Waals surface area contributed by atoms with Crippen LogP contribution in [0, 0.1) is 19.8 Å². The molecule has 1 aliphatic rings. The standard InChI is InChI=1S/C25H26N2O4/c1-15-4-11-22-19(12-15)13-21(16(2)26-22)25(29)31-14-23(28)27-24(17-5-6-17)18-7-9-20(30-3)10-8-18/h4,7-13,17,24H,5-6,14H2,1-3H3,(H,27,28). The van der Waals surface area contributed by atoms with Crippen LogP contribution >= 0.6 is 0 Å². The van der Waals surface area contributed by atoms with Crippen molar-refractivity contribution < 1.29 is 19.1 Å². The highest BCUT2D eigenvalue weighted by atomic mass is 16.5. The molecular weight excluding hydrogens is 392 g/mol. The predicted molar refractivity (Wildman–Crippen MR) is 118 cm³/mol. The van der Waals surface area contributed by atoms with Gasteiger partial charge in [0.05, 0.1) is 29.9 Å². The van der Waals surface area contributed by atoms with Gasteiger partial charge in [-0.05, 0) is 68.5 Å². The number of hydrogen-bond donors (Lipinski definition) is 1. The van der Waals surface area contributed by atoms with Crippen molar-refractivity contribution in [1.82, 2.24) is 10.3 Å². The molecule has 3 aromatic rings. The van der Waals surface area contributed by atoms with Crippen molar-refractivity contribution in [3.05, 3.63) is 70.9 Å². The Morgan fingerprint density at radius 3 is 2.52 bits per heavy atom. The van der Waals surface area contributed by atoms with Gasteiger partial charge in [0.25, 0.3) is 5.91 Å². The molecule has 160 valence electrons. The minimum Gasteiger partial charge on any atom is -0.497 e. The van der Waals surface area contributed by atoms with Gasteiger partial charge in [0.1, 0.15) is 5.75 Å². The molecule has 1 amide bonds. The number of aryl methyl sites for hydroxylation is 2. The maximum Gasteiger partial charge on any atom is 0.340 e. The molecule has 0 radical (unpaired) electrons. The summed E-state index contributed by atoms with van der Waals surface area (Å²) in [4.78, 5) is 29.6. The first-order valence-corrected chi connectivity index (χ1v) is 10.4. The maximum absolute atomic E-state index is 12.6. The van der Waals surface area contributed by atoms with Gasteiger partial charge in [0.2, 0.25) is 0 Å². The second-order valence-electron chi connectivity index (χ2n) is 8.05. The van der Waals surface area contributed by atoms with E-state index >= 15 is 0 Å². The van der Waals surface area contributed by atoms with Gasteiger partial charge in [-0.15, -0.1) is 0 Å². The lowest BCUT2D eigenvalue weighted by atomic mass is 10.0. The fourth-order valence-corrected chi connectivity index (χ4v) is 3.74. The van der Waals surface area contributed by atoms with Gasteiger partial charge in [-0.3, -0.25) is 9.78 Å². The Hall–Kier alpha value is -3.41. The minimum atomic E-state index is -0.545. The Labute approximate surface area is 181 Å². The molecule has 2 aromatic carbocycles. The Balaban J connectivity index is 1.41. The molecule has 1 aromatic heterocycles.